The predicted molar refractivity (Wildman–Crippen MR) is 68.6 cm³/mol. The van der Waals surface area contributed by atoms with Gasteiger partial charge in [-0.25, -0.2) is 0 Å². The minimum Gasteiger partial charge on any atom is -1.00 e. The summed E-state index contributed by atoms with van der Waals surface area (Å²) in [4.78, 5) is 0. The molecule has 1 atom stereocenters. The predicted octanol–water partition coefficient (Wildman–Crippen LogP) is -1.57. The highest BCUT2D eigenvalue weighted by atomic mass is 79.9. The summed E-state index contributed by atoms with van der Waals surface area (Å²) in [5, 5.41) is 9.13. The first-order chi connectivity index (χ1) is 7.64. The molecule has 0 aromatic rings. The SMILES string of the molecule is CCCCCCC(CCO)[N+](C)(NC)NC.[Br-]. The van der Waals surface area contributed by atoms with Crippen LogP contribution in [0.3, 0.4) is 0 Å². The smallest absolute Gasteiger partial charge is 0.127 e. The molecule has 0 aliphatic carbocycles. The van der Waals surface area contributed by atoms with Gasteiger partial charge in [-0.2, -0.15) is 15.6 Å². The van der Waals surface area contributed by atoms with E-state index in [1.807, 2.05) is 14.1 Å². The molecule has 106 valence electrons. The maximum atomic E-state index is 9.13. The zero-order chi connectivity index (χ0) is 12.4. The van der Waals surface area contributed by atoms with E-state index >= 15 is 0 Å². The molecule has 0 heterocycles. The average molecular weight is 312 g/mol. The molecule has 0 aliphatic rings. The van der Waals surface area contributed by atoms with Crippen LogP contribution >= 0.6 is 0 Å². The van der Waals surface area contributed by atoms with E-state index in [-0.39, 0.29) is 23.6 Å². The number of rotatable bonds is 10. The Hall–Kier alpha value is 0.320. The van der Waals surface area contributed by atoms with Crippen LogP contribution in [0, 0.1) is 0 Å². The lowest BCUT2D eigenvalue weighted by Crippen LogP contribution is -3.00. The Kier molecular flexibility index (Phi) is 13.2. The second-order valence-electron chi connectivity index (χ2n) is 4.54. The number of nitrogens with one attached hydrogen (secondary N) is 2. The second-order valence-corrected chi connectivity index (χ2v) is 4.54. The maximum Gasteiger partial charge on any atom is 0.127 e. The summed E-state index contributed by atoms with van der Waals surface area (Å²) in [6.45, 7) is 2.49. The summed E-state index contributed by atoms with van der Waals surface area (Å²) in [5.74, 6) is 0. The van der Waals surface area contributed by atoms with E-state index in [4.69, 9.17) is 5.11 Å². The van der Waals surface area contributed by atoms with Crippen molar-refractivity contribution in [3.63, 3.8) is 0 Å². The molecule has 0 amide bonds. The molecule has 1 unspecified atom stereocenters. The fourth-order valence-corrected chi connectivity index (χ4v) is 2.09. The molecule has 0 saturated heterocycles. The van der Waals surface area contributed by atoms with Crippen LogP contribution in [-0.4, -0.2) is 43.6 Å². The zero-order valence-electron chi connectivity index (χ0n) is 11.8. The monoisotopic (exact) mass is 311 g/mol. The minimum absolute atomic E-state index is 0. The summed E-state index contributed by atoms with van der Waals surface area (Å²) >= 11 is 0. The molecule has 5 heteroatoms. The van der Waals surface area contributed by atoms with Gasteiger partial charge in [0.2, 0.25) is 0 Å². The highest BCUT2D eigenvalue weighted by Crippen LogP contribution is 2.15. The number of halogens is 1. The lowest BCUT2D eigenvalue weighted by atomic mass is 10.0. The number of aliphatic hydroxyl groups is 1. The van der Waals surface area contributed by atoms with Gasteiger partial charge in [-0.15, -0.1) is 0 Å². The third kappa shape index (κ3) is 7.36. The van der Waals surface area contributed by atoms with E-state index in [1.54, 1.807) is 0 Å². The number of nitrogens with zero attached hydrogens (tertiary/aromatic N) is 1. The van der Waals surface area contributed by atoms with E-state index in [2.05, 4.69) is 24.8 Å². The van der Waals surface area contributed by atoms with Crippen LogP contribution in [0.1, 0.15) is 45.4 Å². The molecule has 0 radical (unpaired) electrons. The molecule has 0 aromatic heterocycles. The summed E-state index contributed by atoms with van der Waals surface area (Å²) in [6, 6.07) is 0.428. The van der Waals surface area contributed by atoms with Crippen molar-refractivity contribution in [3.05, 3.63) is 0 Å². The van der Waals surface area contributed by atoms with Crippen LogP contribution in [0.2, 0.25) is 0 Å². The first-order valence-electron chi connectivity index (χ1n) is 6.49. The fourth-order valence-electron chi connectivity index (χ4n) is 2.09. The van der Waals surface area contributed by atoms with Gasteiger partial charge in [-0.05, 0) is 6.42 Å². The lowest BCUT2D eigenvalue weighted by Gasteiger charge is -2.38. The van der Waals surface area contributed by atoms with Crippen LogP contribution in [0.5, 0.6) is 0 Å². The highest BCUT2D eigenvalue weighted by molar-refractivity contribution is 4.58. The number of quaternary nitrogens is 1. The van der Waals surface area contributed by atoms with Crippen molar-refractivity contribution in [1.29, 1.82) is 0 Å². The summed E-state index contributed by atoms with van der Waals surface area (Å²) in [5.41, 5.74) is 6.54. The molecule has 0 saturated carbocycles. The van der Waals surface area contributed by atoms with Crippen LogP contribution in [0.4, 0.5) is 0 Å². The van der Waals surface area contributed by atoms with E-state index in [0.29, 0.717) is 10.7 Å². The van der Waals surface area contributed by atoms with Crippen LogP contribution in [0.25, 0.3) is 0 Å². The molecule has 0 rings (SSSR count). The van der Waals surface area contributed by atoms with Gasteiger partial charge >= 0.3 is 0 Å². The summed E-state index contributed by atoms with van der Waals surface area (Å²) < 4.78 is 0.618. The van der Waals surface area contributed by atoms with Crippen molar-refractivity contribution in [2.24, 2.45) is 0 Å². The van der Waals surface area contributed by atoms with Gasteiger partial charge in [-0.3, -0.25) is 0 Å². The van der Waals surface area contributed by atoms with Gasteiger partial charge in [-0.1, -0.05) is 26.2 Å². The Balaban J connectivity index is 0. The van der Waals surface area contributed by atoms with Crippen molar-refractivity contribution in [2.75, 3.05) is 27.7 Å². The Morgan fingerprint density at radius 3 is 2.06 bits per heavy atom. The molecular formula is C12H30BrN3O. The highest BCUT2D eigenvalue weighted by Gasteiger charge is 2.29. The minimum atomic E-state index is 0. The normalized spacial score (nSPS) is 13.2. The van der Waals surface area contributed by atoms with Gasteiger partial charge in [0.15, 0.2) is 0 Å². The molecule has 0 aliphatic heterocycles. The molecule has 3 N–H and O–H groups in total. The topological polar surface area (TPSA) is 44.3 Å². The van der Waals surface area contributed by atoms with E-state index in [9.17, 15) is 0 Å². The molecule has 0 fully saturated rings. The molecule has 0 aromatic carbocycles. The number of unbranched alkanes of at least 4 members (excludes halogenated alkanes) is 3. The molecule has 17 heavy (non-hydrogen) atoms. The van der Waals surface area contributed by atoms with Crippen molar-refractivity contribution >= 4 is 0 Å². The van der Waals surface area contributed by atoms with Gasteiger partial charge in [0.1, 0.15) is 13.1 Å². The van der Waals surface area contributed by atoms with Crippen molar-refractivity contribution in [3.8, 4) is 0 Å². The van der Waals surface area contributed by atoms with Crippen molar-refractivity contribution in [1.82, 2.24) is 10.9 Å². The summed E-state index contributed by atoms with van der Waals surface area (Å²) in [6.07, 6.45) is 7.12. The van der Waals surface area contributed by atoms with Crippen LogP contribution in [0.15, 0.2) is 0 Å². The van der Waals surface area contributed by atoms with E-state index < -0.39 is 0 Å². The van der Waals surface area contributed by atoms with Crippen LogP contribution in [-0.2, 0) is 0 Å². The van der Waals surface area contributed by atoms with Crippen molar-refractivity contribution < 1.29 is 26.8 Å². The number of hydrogen-bond donors (Lipinski definition) is 3. The van der Waals surface area contributed by atoms with Gasteiger partial charge in [0.25, 0.3) is 0 Å². The Labute approximate surface area is 117 Å². The quantitative estimate of drug-likeness (QED) is 0.259. The molecular weight excluding hydrogens is 282 g/mol. The second kappa shape index (κ2) is 11.4. The summed E-state index contributed by atoms with van der Waals surface area (Å²) in [7, 11) is 6.01. The fraction of sp³-hybridized carbons (Fsp3) is 1.00. The van der Waals surface area contributed by atoms with Crippen LogP contribution < -0.4 is 27.8 Å². The third-order valence-electron chi connectivity index (χ3n) is 3.51. The largest absolute Gasteiger partial charge is 1.00 e. The first-order valence-corrected chi connectivity index (χ1v) is 6.49. The Bertz CT molecular complexity index is 166. The lowest BCUT2D eigenvalue weighted by molar-refractivity contribution is -1.01. The van der Waals surface area contributed by atoms with E-state index in [0.717, 1.165) is 12.8 Å². The molecule has 4 nitrogen and oxygen atoms in total. The Morgan fingerprint density at radius 1 is 1.06 bits per heavy atom. The molecule has 0 bridgehead atoms. The standard InChI is InChI=1S/C12H30N3O.BrH/c1-5-6-7-8-9-12(10-11-16)15(4,13-2)14-3;/h12-14,16H,5-11H2,1-4H3;1H/q+1;/p-1. The van der Waals surface area contributed by atoms with Crippen molar-refractivity contribution in [2.45, 2.75) is 51.5 Å². The average Bonchev–Trinajstić information content (AvgIpc) is 2.32. The van der Waals surface area contributed by atoms with Gasteiger partial charge < -0.3 is 22.1 Å². The number of hydrogen-bond acceptors (Lipinski definition) is 3. The van der Waals surface area contributed by atoms with E-state index in [1.165, 1.54) is 25.7 Å². The first kappa shape index (κ1) is 19.7. The van der Waals surface area contributed by atoms with Gasteiger partial charge in [0.05, 0.1) is 0 Å². The van der Waals surface area contributed by atoms with Gasteiger partial charge in [0, 0.05) is 33.5 Å². The maximum absolute atomic E-state index is 9.13. The zero-order valence-corrected chi connectivity index (χ0v) is 13.4. The molecule has 0 spiro atoms. The third-order valence-corrected chi connectivity index (χ3v) is 3.51. The Morgan fingerprint density at radius 2 is 1.65 bits per heavy atom. The number of aliphatic hydroxyl groups excluding tert-OH is 1.